The zero-order valence-electron chi connectivity index (χ0n) is 11.1. The normalized spacial score (nSPS) is 26.9. The van der Waals surface area contributed by atoms with E-state index < -0.39 is 0 Å². The van der Waals surface area contributed by atoms with Gasteiger partial charge in [-0.3, -0.25) is 4.79 Å². The maximum Gasteiger partial charge on any atom is 0.222 e. The molecule has 1 fully saturated rings. The predicted molar refractivity (Wildman–Crippen MR) is 67.0 cm³/mol. The molecule has 16 heavy (non-hydrogen) atoms. The van der Waals surface area contributed by atoms with Crippen molar-refractivity contribution in [3.8, 4) is 0 Å². The highest BCUT2D eigenvalue weighted by molar-refractivity contribution is 5.76. The molecule has 94 valence electrons. The van der Waals surface area contributed by atoms with Gasteiger partial charge in [-0.05, 0) is 24.2 Å². The minimum atomic E-state index is 0.164. The fraction of sp³-hybridized carbons (Fsp3) is 0.923. The lowest BCUT2D eigenvalue weighted by atomic mass is 9.80. The van der Waals surface area contributed by atoms with Gasteiger partial charge in [-0.2, -0.15) is 0 Å². The van der Waals surface area contributed by atoms with Gasteiger partial charge in [-0.1, -0.05) is 27.7 Å². The molecule has 1 amide bonds. The number of likely N-dealkylation sites (tertiary alicyclic amines) is 1. The second-order valence-electron chi connectivity index (χ2n) is 6.28. The van der Waals surface area contributed by atoms with Crippen molar-refractivity contribution < 1.29 is 4.79 Å². The number of carbonyl (C=O) groups is 1. The molecule has 0 bridgehead atoms. The number of rotatable bonds is 2. The third-order valence-corrected chi connectivity index (χ3v) is 3.13. The number of piperidine rings is 1. The van der Waals surface area contributed by atoms with Crippen LogP contribution < -0.4 is 5.73 Å². The molecule has 3 nitrogen and oxygen atoms in total. The molecular formula is C13H26N2O. The molecule has 0 spiro atoms. The first-order chi connectivity index (χ1) is 7.31. The van der Waals surface area contributed by atoms with Crippen molar-refractivity contribution in [3.05, 3.63) is 0 Å². The van der Waals surface area contributed by atoms with Crippen LogP contribution in [0.5, 0.6) is 0 Å². The Labute approximate surface area is 99.4 Å². The summed E-state index contributed by atoms with van der Waals surface area (Å²) in [5.74, 6) is 0.813. The summed E-state index contributed by atoms with van der Waals surface area (Å²) >= 11 is 0. The topological polar surface area (TPSA) is 46.3 Å². The maximum absolute atomic E-state index is 11.7. The molecule has 2 atom stereocenters. The molecule has 1 aliphatic heterocycles. The number of amides is 1. The third-order valence-electron chi connectivity index (χ3n) is 3.13. The quantitative estimate of drug-likeness (QED) is 0.783. The third kappa shape index (κ3) is 4.12. The largest absolute Gasteiger partial charge is 0.341 e. The van der Waals surface area contributed by atoms with Gasteiger partial charge >= 0.3 is 0 Å². The molecule has 0 radical (unpaired) electrons. The minimum absolute atomic E-state index is 0.164. The Hall–Kier alpha value is -0.570. The van der Waals surface area contributed by atoms with E-state index in [2.05, 4.69) is 20.8 Å². The van der Waals surface area contributed by atoms with Crippen molar-refractivity contribution in [3.63, 3.8) is 0 Å². The molecule has 1 aliphatic rings. The Morgan fingerprint density at radius 2 is 2.00 bits per heavy atom. The molecule has 0 aromatic carbocycles. The van der Waals surface area contributed by atoms with Crippen LogP contribution in [0.25, 0.3) is 0 Å². The zero-order chi connectivity index (χ0) is 12.3. The van der Waals surface area contributed by atoms with Crippen LogP contribution in [0, 0.1) is 11.3 Å². The molecule has 0 saturated carbocycles. The first-order valence-electron chi connectivity index (χ1n) is 6.35. The van der Waals surface area contributed by atoms with Gasteiger partial charge in [-0.15, -0.1) is 0 Å². The standard InChI is InChI=1S/C13H26N2O/c1-5-12(16)15-8-10(6-11(14)9-15)7-13(2,3)4/h10-11H,5-9,14H2,1-4H3. The van der Waals surface area contributed by atoms with Crippen molar-refractivity contribution in [1.29, 1.82) is 0 Å². The molecule has 2 N–H and O–H groups in total. The lowest BCUT2D eigenvalue weighted by molar-refractivity contribution is -0.133. The highest BCUT2D eigenvalue weighted by Crippen LogP contribution is 2.29. The molecule has 0 aromatic rings. The Kier molecular flexibility index (Phi) is 4.36. The van der Waals surface area contributed by atoms with E-state index >= 15 is 0 Å². The first kappa shape index (κ1) is 13.5. The fourth-order valence-corrected chi connectivity index (χ4v) is 2.69. The van der Waals surface area contributed by atoms with Crippen molar-refractivity contribution in [2.45, 2.75) is 53.0 Å². The maximum atomic E-state index is 11.7. The predicted octanol–water partition coefficient (Wildman–Crippen LogP) is 2.01. The SMILES string of the molecule is CCC(=O)N1CC(N)CC(CC(C)(C)C)C1. The lowest BCUT2D eigenvalue weighted by Crippen LogP contribution is -2.49. The zero-order valence-corrected chi connectivity index (χ0v) is 11.1. The fourth-order valence-electron chi connectivity index (χ4n) is 2.69. The van der Waals surface area contributed by atoms with E-state index in [0.717, 1.165) is 25.9 Å². The molecule has 3 heteroatoms. The monoisotopic (exact) mass is 226 g/mol. The van der Waals surface area contributed by atoms with Gasteiger partial charge < -0.3 is 10.6 Å². The van der Waals surface area contributed by atoms with E-state index in [9.17, 15) is 4.79 Å². The summed E-state index contributed by atoms with van der Waals surface area (Å²) in [6, 6.07) is 0.164. The van der Waals surface area contributed by atoms with Crippen molar-refractivity contribution in [2.75, 3.05) is 13.1 Å². The molecule has 1 heterocycles. The number of hydrogen-bond acceptors (Lipinski definition) is 2. The number of hydrogen-bond donors (Lipinski definition) is 1. The second kappa shape index (κ2) is 5.17. The highest BCUT2D eigenvalue weighted by Gasteiger charge is 2.29. The average Bonchev–Trinajstić information content (AvgIpc) is 2.12. The number of carbonyl (C=O) groups excluding carboxylic acids is 1. The van der Waals surface area contributed by atoms with E-state index in [1.165, 1.54) is 0 Å². The number of nitrogens with two attached hydrogens (primary N) is 1. The number of nitrogens with zero attached hydrogens (tertiary/aromatic N) is 1. The minimum Gasteiger partial charge on any atom is -0.341 e. The summed E-state index contributed by atoms with van der Waals surface area (Å²) in [4.78, 5) is 13.6. The van der Waals surface area contributed by atoms with Crippen LogP contribution in [-0.2, 0) is 4.79 Å². The summed E-state index contributed by atoms with van der Waals surface area (Å²) in [5.41, 5.74) is 6.36. The van der Waals surface area contributed by atoms with Crippen LogP contribution in [0.15, 0.2) is 0 Å². The Morgan fingerprint density at radius 3 is 2.50 bits per heavy atom. The molecule has 1 saturated heterocycles. The van der Waals surface area contributed by atoms with Crippen molar-refractivity contribution in [1.82, 2.24) is 4.90 Å². The lowest BCUT2D eigenvalue weighted by Gasteiger charge is -2.38. The van der Waals surface area contributed by atoms with Gasteiger partial charge in [0.15, 0.2) is 0 Å². The summed E-state index contributed by atoms with van der Waals surface area (Å²) in [7, 11) is 0. The van der Waals surface area contributed by atoms with E-state index in [1.54, 1.807) is 0 Å². The van der Waals surface area contributed by atoms with Gasteiger partial charge in [0.05, 0.1) is 0 Å². The van der Waals surface area contributed by atoms with Gasteiger partial charge in [0.1, 0.15) is 0 Å². The van der Waals surface area contributed by atoms with Gasteiger partial charge in [0, 0.05) is 25.6 Å². The smallest absolute Gasteiger partial charge is 0.222 e. The van der Waals surface area contributed by atoms with Crippen LogP contribution in [0.2, 0.25) is 0 Å². The van der Waals surface area contributed by atoms with E-state index in [1.807, 2.05) is 11.8 Å². The first-order valence-corrected chi connectivity index (χ1v) is 6.35. The molecule has 1 rings (SSSR count). The molecular weight excluding hydrogens is 200 g/mol. The van der Waals surface area contributed by atoms with Crippen LogP contribution in [0.3, 0.4) is 0 Å². The van der Waals surface area contributed by atoms with Gasteiger partial charge in [0.25, 0.3) is 0 Å². The van der Waals surface area contributed by atoms with Crippen LogP contribution in [-0.4, -0.2) is 29.9 Å². The Bertz CT molecular complexity index is 245. The highest BCUT2D eigenvalue weighted by atomic mass is 16.2. The molecule has 0 aromatic heterocycles. The second-order valence-corrected chi connectivity index (χ2v) is 6.28. The average molecular weight is 226 g/mol. The summed E-state index contributed by atoms with van der Waals surface area (Å²) in [5, 5.41) is 0. The van der Waals surface area contributed by atoms with Crippen LogP contribution >= 0.6 is 0 Å². The summed E-state index contributed by atoms with van der Waals surface area (Å²) in [6.07, 6.45) is 2.80. The van der Waals surface area contributed by atoms with Crippen LogP contribution in [0.1, 0.15) is 47.0 Å². The van der Waals surface area contributed by atoms with E-state index in [0.29, 0.717) is 17.8 Å². The Balaban J connectivity index is 2.57. The van der Waals surface area contributed by atoms with Gasteiger partial charge in [-0.25, -0.2) is 0 Å². The Morgan fingerprint density at radius 1 is 1.38 bits per heavy atom. The van der Waals surface area contributed by atoms with Gasteiger partial charge in [0.2, 0.25) is 5.91 Å². The molecule has 2 unspecified atom stereocenters. The van der Waals surface area contributed by atoms with E-state index in [-0.39, 0.29) is 11.9 Å². The van der Waals surface area contributed by atoms with E-state index in [4.69, 9.17) is 5.73 Å². The van der Waals surface area contributed by atoms with Crippen molar-refractivity contribution in [2.24, 2.45) is 17.1 Å². The van der Waals surface area contributed by atoms with Crippen molar-refractivity contribution >= 4 is 5.91 Å². The van der Waals surface area contributed by atoms with Crippen LogP contribution in [0.4, 0.5) is 0 Å². The molecule has 0 aliphatic carbocycles. The summed E-state index contributed by atoms with van der Waals surface area (Å²) < 4.78 is 0. The summed E-state index contributed by atoms with van der Waals surface area (Å²) in [6.45, 7) is 10.3.